The van der Waals surface area contributed by atoms with Crippen LogP contribution in [0.15, 0.2) is 18.2 Å². The van der Waals surface area contributed by atoms with E-state index in [1.165, 1.54) is 0 Å². The van der Waals surface area contributed by atoms with Crippen LogP contribution in [0.25, 0.3) is 0 Å². The van der Waals surface area contributed by atoms with Gasteiger partial charge < -0.3 is 10.2 Å². The van der Waals surface area contributed by atoms with E-state index in [1.807, 2.05) is 6.07 Å². The molecule has 0 spiro atoms. The molecular weight excluding hydrogens is 266 g/mol. The van der Waals surface area contributed by atoms with Gasteiger partial charge in [-0.1, -0.05) is 20.8 Å². The van der Waals surface area contributed by atoms with Gasteiger partial charge in [0, 0.05) is 43.1 Å². The molecular formula is C16H25N3O2. The number of nitrogens with one attached hydrogen (secondary N) is 1. The minimum Gasteiger partial charge on any atom is -0.385 e. The number of benzene rings is 1. The van der Waals surface area contributed by atoms with Crippen molar-refractivity contribution in [2.75, 3.05) is 29.9 Å². The summed E-state index contributed by atoms with van der Waals surface area (Å²) >= 11 is 0. The van der Waals surface area contributed by atoms with E-state index in [1.54, 1.807) is 12.1 Å². The molecule has 0 radical (unpaired) electrons. The first kappa shape index (κ1) is 15.6. The van der Waals surface area contributed by atoms with Crippen LogP contribution >= 0.6 is 0 Å². The van der Waals surface area contributed by atoms with Crippen LogP contribution in [0.3, 0.4) is 0 Å². The molecule has 1 aromatic carbocycles. The molecule has 0 aliphatic carbocycles. The molecule has 0 saturated carbocycles. The Morgan fingerprint density at radius 3 is 2.71 bits per heavy atom. The van der Waals surface area contributed by atoms with E-state index in [0.717, 1.165) is 49.8 Å². The molecule has 1 saturated heterocycles. The molecule has 1 heterocycles. The number of non-ortho nitro benzene ring substituents is 1. The van der Waals surface area contributed by atoms with Crippen molar-refractivity contribution in [1.29, 1.82) is 0 Å². The van der Waals surface area contributed by atoms with Gasteiger partial charge in [0.1, 0.15) is 0 Å². The van der Waals surface area contributed by atoms with Crippen molar-refractivity contribution in [3.63, 3.8) is 0 Å². The van der Waals surface area contributed by atoms with Crippen LogP contribution in [-0.4, -0.2) is 24.6 Å². The number of hydrogen-bond donors (Lipinski definition) is 1. The zero-order chi connectivity index (χ0) is 15.4. The molecule has 1 aliphatic rings. The Bertz CT molecular complexity index is 504. The third-order valence-corrected chi connectivity index (χ3v) is 4.39. The molecule has 1 aliphatic heterocycles. The summed E-state index contributed by atoms with van der Waals surface area (Å²) in [6, 6.07) is 5.35. The smallest absolute Gasteiger partial charge is 0.273 e. The van der Waals surface area contributed by atoms with Gasteiger partial charge in [0.2, 0.25) is 0 Å². The highest BCUT2D eigenvalue weighted by molar-refractivity contribution is 5.64. The zero-order valence-corrected chi connectivity index (χ0v) is 13.1. The summed E-state index contributed by atoms with van der Waals surface area (Å²) in [6.45, 7) is 9.39. The van der Waals surface area contributed by atoms with Gasteiger partial charge in [0.05, 0.1) is 4.92 Å². The van der Waals surface area contributed by atoms with Crippen LogP contribution in [0, 0.1) is 22.0 Å². The summed E-state index contributed by atoms with van der Waals surface area (Å²) in [5, 5.41) is 14.4. The van der Waals surface area contributed by atoms with Crippen LogP contribution in [0.2, 0.25) is 0 Å². The first-order chi connectivity index (χ1) is 10.0. The van der Waals surface area contributed by atoms with Crippen molar-refractivity contribution in [2.24, 2.45) is 11.8 Å². The summed E-state index contributed by atoms with van der Waals surface area (Å²) in [7, 11) is 0. The average Bonchev–Trinajstić information content (AvgIpc) is 2.47. The minimum absolute atomic E-state index is 0.164. The van der Waals surface area contributed by atoms with Crippen LogP contribution in [0.5, 0.6) is 0 Å². The Balaban J connectivity index is 2.25. The van der Waals surface area contributed by atoms with Crippen molar-refractivity contribution in [3.8, 4) is 0 Å². The van der Waals surface area contributed by atoms with Gasteiger partial charge in [-0.2, -0.15) is 0 Å². The van der Waals surface area contributed by atoms with E-state index < -0.39 is 0 Å². The lowest BCUT2D eigenvalue weighted by molar-refractivity contribution is -0.384. The molecule has 5 heteroatoms. The second-order valence-electron chi connectivity index (χ2n) is 6.11. The van der Waals surface area contributed by atoms with E-state index in [4.69, 9.17) is 0 Å². The maximum atomic E-state index is 11.1. The molecule has 21 heavy (non-hydrogen) atoms. The first-order valence-corrected chi connectivity index (χ1v) is 7.79. The second kappa shape index (κ2) is 6.78. The molecule has 2 rings (SSSR count). The van der Waals surface area contributed by atoms with Gasteiger partial charge in [-0.3, -0.25) is 10.1 Å². The van der Waals surface area contributed by atoms with Crippen molar-refractivity contribution in [1.82, 2.24) is 0 Å². The molecule has 1 fully saturated rings. The number of nitrogens with zero attached hydrogens (tertiary/aromatic N) is 2. The van der Waals surface area contributed by atoms with Gasteiger partial charge >= 0.3 is 0 Å². The highest BCUT2D eigenvalue weighted by atomic mass is 16.6. The fourth-order valence-corrected chi connectivity index (χ4v) is 2.75. The first-order valence-electron chi connectivity index (χ1n) is 7.79. The normalized spacial score (nSPS) is 22.1. The molecule has 0 amide bonds. The fourth-order valence-electron chi connectivity index (χ4n) is 2.75. The highest BCUT2D eigenvalue weighted by Gasteiger charge is 2.24. The van der Waals surface area contributed by atoms with E-state index in [9.17, 15) is 10.1 Å². The summed E-state index contributed by atoms with van der Waals surface area (Å²) in [4.78, 5) is 13.1. The van der Waals surface area contributed by atoms with Crippen molar-refractivity contribution < 1.29 is 4.92 Å². The molecule has 2 unspecified atom stereocenters. The zero-order valence-electron chi connectivity index (χ0n) is 13.1. The van der Waals surface area contributed by atoms with E-state index in [-0.39, 0.29) is 10.6 Å². The number of rotatable bonds is 5. The maximum absolute atomic E-state index is 11.1. The van der Waals surface area contributed by atoms with E-state index in [2.05, 4.69) is 31.0 Å². The van der Waals surface area contributed by atoms with Crippen LogP contribution in [0.4, 0.5) is 17.1 Å². The highest BCUT2D eigenvalue weighted by Crippen LogP contribution is 2.31. The summed E-state index contributed by atoms with van der Waals surface area (Å²) in [5.41, 5.74) is 1.96. The number of hydrogen-bond acceptors (Lipinski definition) is 4. The van der Waals surface area contributed by atoms with Gasteiger partial charge in [-0.15, -0.1) is 0 Å². The topological polar surface area (TPSA) is 58.4 Å². The van der Waals surface area contributed by atoms with Crippen molar-refractivity contribution >= 4 is 17.1 Å². The van der Waals surface area contributed by atoms with Crippen LogP contribution < -0.4 is 10.2 Å². The Morgan fingerprint density at radius 2 is 2.10 bits per heavy atom. The number of anilines is 2. The number of piperidine rings is 1. The molecule has 2 atom stereocenters. The SMILES string of the molecule is CCCNc1cc(N2CCC(C)C(C)C2)cc([N+](=O)[O-])c1. The van der Waals surface area contributed by atoms with E-state index >= 15 is 0 Å². The lowest BCUT2D eigenvalue weighted by Gasteiger charge is -2.36. The third kappa shape index (κ3) is 3.86. The average molecular weight is 291 g/mol. The van der Waals surface area contributed by atoms with Crippen LogP contribution in [-0.2, 0) is 0 Å². The van der Waals surface area contributed by atoms with E-state index in [0.29, 0.717) is 5.92 Å². The Hall–Kier alpha value is -1.78. The van der Waals surface area contributed by atoms with Gasteiger partial charge in [-0.25, -0.2) is 0 Å². The monoisotopic (exact) mass is 291 g/mol. The van der Waals surface area contributed by atoms with Gasteiger partial charge in [0.25, 0.3) is 5.69 Å². The predicted octanol–water partition coefficient (Wildman–Crippen LogP) is 3.90. The molecule has 116 valence electrons. The third-order valence-electron chi connectivity index (χ3n) is 4.39. The Kier molecular flexibility index (Phi) is 5.04. The standard InChI is InChI=1S/C16H25N3O2/c1-4-6-17-14-8-15(10-16(9-14)19(20)21)18-7-5-12(2)13(3)11-18/h8-10,12-13,17H,4-7,11H2,1-3H3. The maximum Gasteiger partial charge on any atom is 0.273 e. The largest absolute Gasteiger partial charge is 0.385 e. The molecule has 0 aromatic heterocycles. The molecule has 0 bridgehead atoms. The summed E-state index contributed by atoms with van der Waals surface area (Å²) in [5.74, 6) is 1.34. The summed E-state index contributed by atoms with van der Waals surface area (Å²) < 4.78 is 0. The number of nitro groups is 1. The molecule has 5 nitrogen and oxygen atoms in total. The van der Waals surface area contributed by atoms with Gasteiger partial charge in [-0.05, 0) is 30.7 Å². The lowest BCUT2D eigenvalue weighted by Crippen LogP contribution is -2.38. The molecule has 1 N–H and O–H groups in total. The summed E-state index contributed by atoms with van der Waals surface area (Å²) in [6.07, 6.45) is 2.14. The predicted molar refractivity (Wildman–Crippen MR) is 87.0 cm³/mol. The quantitative estimate of drug-likeness (QED) is 0.660. The van der Waals surface area contributed by atoms with Gasteiger partial charge in [0.15, 0.2) is 0 Å². The fraction of sp³-hybridized carbons (Fsp3) is 0.625. The Labute approximate surface area is 126 Å². The number of nitro benzene ring substituents is 1. The lowest BCUT2D eigenvalue weighted by atomic mass is 9.88. The van der Waals surface area contributed by atoms with Crippen molar-refractivity contribution in [3.05, 3.63) is 28.3 Å². The Morgan fingerprint density at radius 1 is 1.33 bits per heavy atom. The van der Waals surface area contributed by atoms with Crippen molar-refractivity contribution in [2.45, 2.75) is 33.6 Å². The van der Waals surface area contributed by atoms with Crippen LogP contribution in [0.1, 0.15) is 33.6 Å². The molecule has 1 aromatic rings. The second-order valence-corrected chi connectivity index (χ2v) is 6.11. The minimum atomic E-state index is -0.309.